The van der Waals surface area contributed by atoms with E-state index in [0.29, 0.717) is 24.4 Å². The first-order chi connectivity index (χ1) is 13.2. The number of nitrogens with zero attached hydrogens (tertiary/aromatic N) is 1. The predicted molar refractivity (Wildman–Crippen MR) is 110 cm³/mol. The van der Waals surface area contributed by atoms with Crippen molar-refractivity contribution in [2.75, 3.05) is 25.5 Å². The van der Waals surface area contributed by atoms with E-state index in [-0.39, 0.29) is 5.91 Å². The summed E-state index contributed by atoms with van der Waals surface area (Å²) < 4.78 is 10.9. The van der Waals surface area contributed by atoms with E-state index in [1.807, 2.05) is 31.2 Å². The number of para-hydroxylation sites is 1. The average molecular weight is 384 g/mol. The zero-order valence-corrected chi connectivity index (χ0v) is 17.1. The van der Waals surface area contributed by atoms with Gasteiger partial charge < -0.3 is 14.4 Å². The third-order valence-electron chi connectivity index (χ3n) is 3.90. The van der Waals surface area contributed by atoms with Crippen LogP contribution in [0.25, 0.3) is 0 Å². The number of rotatable bonds is 6. The van der Waals surface area contributed by atoms with Crippen LogP contribution < -0.4 is 10.1 Å². The molecular weight excluding hydrogens is 356 g/mol. The molecule has 1 N–H and O–H groups in total. The SMILES string of the molecule is Cc1ccccc1OCCN(C)C(=O)c1ccc(NC(=O)OC(C)(C)C)cc1. The Morgan fingerprint density at radius 1 is 1.04 bits per heavy atom. The van der Waals surface area contributed by atoms with Gasteiger partial charge in [0.1, 0.15) is 18.0 Å². The van der Waals surface area contributed by atoms with Crippen LogP contribution in [0.4, 0.5) is 10.5 Å². The van der Waals surface area contributed by atoms with Crippen molar-refractivity contribution in [1.82, 2.24) is 4.90 Å². The van der Waals surface area contributed by atoms with Crippen molar-refractivity contribution in [2.24, 2.45) is 0 Å². The fourth-order valence-electron chi connectivity index (χ4n) is 2.45. The summed E-state index contributed by atoms with van der Waals surface area (Å²) in [6.07, 6.45) is -0.531. The number of aryl methyl sites for hydroxylation is 1. The van der Waals surface area contributed by atoms with E-state index in [2.05, 4.69) is 5.32 Å². The van der Waals surface area contributed by atoms with Crippen LogP contribution in [-0.4, -0.2) is 42.7 Å². The van der Waals surface area contributed by atoms with Crippen LogP contribution in [0.5, 0.6) is 5.75 Å². The van der Waals surface area contributed by atoms with E-state index in [4.69, 9.17) is 9.47 Å². The fraction of sp³-hybridized carbons (Fsp3) is 0.364. The Morgan fingerprint density at radius 3 is 2.29 bits per heavy atom. The normalized spacial score (nSPS) is 10.9. The van der Waals surface area contributed by atoms with Crippen LogP contribution in [0, 0.1) is 6.92 Å². The van der Waals surface area contributed by atoms with E-state index < -0.39 is 11.7 Å². The van der Waals surface area contributed by atoms with E-state index in [1.54, 1.807) is 57.0 Å². The van der Waals surface area contributed by atoms with Crippen LogP contribution in [0.1, 0.15) is 36.7 Å². The maximum atomic E-state index is 12.5. The highest BCUT2D eigenvalue weighted by Crippen LogP contribution is 2.16. The second-order valence-corrected chi connectivity index (χ2v) is 7.54. The van der Waals surface area contributed by atoms with Crippen molar-refractivity contribution in [2.45, 2.75) is 33.3 Å². The van der Waals surface area contributed by atoms with Crippen molar-refractivity contribution in [1.29, 1.82) is 0 Å². The quantitative estimate of drug-likeness (QED) is 0.797. The van der Waals surface area contributed by atoms with Crippen molar-refractivity contribution >= 4 is 17.7 Å². The molecule has 0 heterocycles. The van der Waals surface area contributed by atoms with Crippen LogP contribution in [0.3, 0.4) is 0 Å². The highest BCUT2D eigenvalue weighted by Gasteiger charge is 2.17. The minimum Gasteiger partial charge on any atom is -0.491 e. The van der Waals surface area contributed by atoms with Crippen LogP contribution in [0.2, 0.25) is 0 Å². The van der Waals surface area contributed by atoms with Gasteiger partial charge in [-0.25, -0.2) is 4.79 Å². The lowest BCUT2D eigenvalue weighted by Crippen LogP contribution is -2.31. The highest BCUT2D eigenvalue weighted by atomic mass is 16.6. The molecular formula is C22H28N2O4. The van der Waals surface area contributed by atoms with E-state index >= 15 is 0 Å². The Labute approximate surface area is 166 Å². The smallest absolute Gasteiger partial charge is 0.412 e. The molecule has 2 rings (SSSR count). The number of carbonyl (C=O) groups excluding carboxylic acids is 2. The van der Waals surface area contributed by atoms with Crippen molar-refractivity contribution in [3.8, 4) is 5.75 Å². The Morgan fingerprint density at radius 2 is 1.68 bits per heavy atom. The molecule has 0 radical (unpaired) electrons. The van der Waals surface area contributed by atoms with Crippen molar-refractivity contribution < 1.29 is 19.1 Å². The highest BCUT2D eigenvalue weighted by molar-refractivity contribution is 5.95. The number of ether oxygens (including phenoxy) is 2. The first kappa shape index (κ1) is 21.3. The second kappa shape index (κ2) is 9.26. The second-order valence-electron chi connectivity index (χ2n) is 7.54. The maximum absolute atomic E-state index is 12.5. The summed E-state index contributed by atoms with van der Waals surface area (Å²) in [6.45, 7) is 8.25. The van der Waals surface area contributed by atoms with E-state index in [9.17, 15) is 9.59 Å². The molecule has 0 aromatic heterocycles. The van der Waals surface area contributed by atoms with Gasteiger partial charge in [-0.15, -0.1) is 0 Å². The number of anilines is 1. The van der Waals surface area contributed by atoms with Crippen LogP contribution >= 0.6 is 0 Å². The van der Waals surface area contributed by atoms with Gasteiger partial charge in [-0.3, -0.25) is 10.1 Å². The van der Waals surface area contributed by atoms with Gasteiger partial charge in [-0.05, 0) is 63.6 Å². The van der Waals surface area contributed by atoms with Crippen LogP contribution in [0.15, 0.2) is 48.5 Å². The minimum atomic E-state index is -0.566. The zero-order valence-electron chi connectivity index (χ0n) is 17.1. The summed E-state index contributed by atoms with van der Waals surface area (Å²) in [5, 5.41) is 2.65. The molecule has 2 aromatic rings. The Hall–Kier alpha value is -3.02. The molecule has 0 aliphatic heterocycles. The molecule has 0 unspecified atom stereocenters. The molecule has 0 aliphatic rings. The number of likely N-dealkylation sites (N-methyl/N-ethyl adjacent to an activating group) is 1. The summed E-state index contributed by atoms with van der Waals surface area (Å²) in [7, 11) is 1.73. The molecule has 0 atom stereocenters. The molecule has 0 saturated heterocycles. The monoisotopic (exact) mass is 384 g/mol. The van der Waals surface area contributed by atoms with Gasteiger partial charge >= 0.3 is 6.09 Å². The molecule has 0 fully saturated rings. The van der Waals surface area contributed by atoms with Gasteiger partial charge in [-0.1, -0.05) is 18.2 Å². The summed E-state index contributed by atoms with van der Waals surface area (Å²) in [5.41, 5.74) is 1.59. The number of nitrogens with one attached hydrogen (secondary N) is 1. The molecule has 6 heteroatoms. The Balaban J connectivity index is 1.86. The summed E-state index contributed by atoms with van der Waals surface area (Å²) in [6, 6.07) is 14.5. The summed E-state index contributed by atoms with van der Waals surface area (Å²) in [5.74, 6) is 0.707. The molecule has 2 aromatic carbocycles. The first-order valence-electron chi connectivity index (χ1n) is 9.20. The zero-order chi connectivity index (χ0) is 20.7. The summed E-state index contributed by atoms with van der Waals surface area (Å²) in [4.78, 5) is 25.9. The molecule has 150 valence electrons. The van der Waals surface area contributed by atoms with Crippen LogP contribution in [-0.2, 0) is 4.74 Å². The predicted octanol–water partition coefficient (Wildman–Crippen LogP) is 4.49. The topological polar surface area (TPSA) is 67.9 Å². The van der Waals surface area contributed by atoms with Gasteiger partial charge in [0, 0.05) is 18.3 Å². The third-order valence-corrected chi connectivity index (χ3v) is 3.90. The standard InChI is InChI=1S/C22H28N2O4/c1-16-8-6-7-9-19(16)27-15-14-24(5)20(25)17-10-12-18(13-11-17)23-21(26)28-22(2,3)4/h6-13H,14-15H2,1-5H3,(H,23,26). The van der Waals surface area contributed by atoms with Gasteiger partial charge in [0.15, 0.2) is 0 Å². The molecule has 0 bridgehead atoms. The lowest BCUT2D eigenvalue weighted by atomic mass is 10.2. The lowest BCUT2D eigenvalue weighted by Gasteiger charge is -2.20. The largest absolute Gasteiger partial charge is 0.491 e. The molecule has 28 heavy (non-hydrogen) atoms. The number of benzene rings is 2. The first-order valence-corrected chi connectivity index (χ1v) is 9.20. The molecule has 6 nitrogen and oxygen atoms in total. The van der Waals surface area contributed by atoms with Gasteiger partial charge in [0.05, 0.1) is 6.54 Å². The molecule has 0 aliphatic carbocycles. The average Bonchev–Trinajstić information content (AvgIpc) is 2.61. The molecule has 0 spiro atoms. The number of hydrogen-bond donors (Lipinski definition) is 1. The van der Waals surface area contributed by atoms with E-state index in [0.717, 1.165) is 11.3 Å². The van der Waals surface area contributed by atoms with Crippen molar-refractivity contribution in [3.63, 3.8) is 0 Å². The number of amides is 2. The lowest BCUT2D eigenvalue weighted by molar-refractivity contribution is 0.0635. The van der Waals surface area contributed by atoms with E-state index in [1.165, 1.54) is 0 Å². The maximum Gasteiger partial charge on any atom is 0.412 e. The van der Waals surface area contributed by atoms with Gasteiger partial charge in [-0.2, -0.15) is 0 Å². The molecule has 2 amide bonds. The Kier molecular flexibility index (Phi) is 7.04. The summed E-state index contributed by atoms with van der Waals surface area (Å²) >= 11 is 0. The van der Waals surface area contributed by atoms with Gasteiger partial charge in [0.2, 0.25) is 0 Å². The fourth-order valence-corrected chi connectivity index (χ4v) is 2.45. The number of hydrogen-bond acceptors (Lipinski definition) is 4. The Bertz CT molecular complexity index is 810. The number of carbonyl (C=O) groups is 2. The van der Waals surface area contributed by atoms with Crippen molar-refractivity contribution in [3.05, 3.63) is 59.7 Å². The minimum absolute atomic E-state index is 0.114. The molecule has 0 saturated carbocycles. The van der Waals surface area contributed by atoms with Gasteiger partial charge in [0.25, 0.3) is 5.91 Å². The third kappa shape index (κ3) is 6.61.